The van der Waals surface area contributed by atoms with E-state index in [-0.39, 0.29) is 49.9 Å². The van der Waals surface area contributed by atoms with E-state index in [2.05, 4.69) is 0 Å². The minimum atomic E-state index is -0.518. The van der Waals surface area contributed by atoms with Gasteiger partial charge in [-0.1, -0.05) is 6.07 Å². The number of amides is 1. The molecule has 0 aromatic heterocycles. The molecule has 0 bridgehead atoms. The fourth-order valence-electron chi connectivity index (χ4n) is 1.92. The fraction of sp³-hybridized carbons (Fsp3) is 0.400. The molecule has 0 aliphatic carbocycles. The summed E-state index contributed by atoms with van der Waals surface area (Å²) in [5.41, 5.74) is 0.256. The Kier molecular flexibility index (Phi) is 7.02. The van der Waals surface area contributed by atoms with Gasteiger partial charge in [-0.15, -0.1) is 0 Å². The Morgan fingerprint density at radius 1 is 1.30 bits per heavy atom. The van der Waals surface area contributed by atoms with Crippen molar-refractivity contribution < 1.29 is 14.5 Å². The number of nitriles is 2. The first-order chi connectivity index (χ1) is 11.0. The van der Waals surface area contributed by atoms with Gasteiger partial charge in [-0.3, -0.25) is 14.9 Å². The molecule has 0 aliphatic heterocycles. The number of nitro groups is 1. The van der Waals surface area contributed by atoms with Gasteiger partial charge in [0, 0.05) is 19.2 Å². The lowest BCUT2D eigenvalue weighted by Gasteiger charge is -2.20. The van der Waals surface area contributed by atoms with Crippen LogP contribution in [0.4, 0.5) is 5.69 Å². The van der Waals surface area contributed by atoms with Crippen molar-refractivity contribution in [3.63, 3.8) is 0 Å². The molecule has 0 spiro atoms. The van der Waals surface area contributed by atoms with E-state index in [4.69, 9.17) is 15.3 Å². The monoisotopic (exact) mass is 316 g/mol. The molecule has 23 heavy (non-hydrogen) atoms. The molecule has 8 nitrogen and oxygen atoms in total. The number of nitrogens with zero attached hydrogens (tertiary/aromatic N) is 4. The van der Waals surface area contributed by atoms with Gasteiger partial charge in [0.25, 0.3) is 11.6 Å². The molecule has 0 saturated heterocycles. The minimum absolute atomic E-state index is 0.0826. The van der Waals surface area contributed by atoms with Gasteiger partial charge in [0.05, 0.1) is 35.5 Å². The van der Waals surface area contributed by atoms with Crippen LogP contribution in [0.3, 0.4) is 0 Å². The number of hydrogen-bond donors (Lipinski definition) is 0. The number of nitro benzene ring substituents is 1. The van der Waals surface area contributed by atoms with Crippen molar-refractivity contribution in [2.24, 2.45) is 0 Å². The van der Waals surface area contributed by atoms with Gasteiger partial charge in [0.2, 0.25) is 0 Å². The zero-order chi connectivity index (χ0) is 17.2. The largest absolute Gasteiger partial charge is 0.483 e. The number of rotatable bonds is 8. The predicted octanol–water partition coefficient (Wildman–Crippen LogP) is 1.94. The summed E-state index contributed by atoms with van der Waals surface area (Å²) in [6, 6.07) is 8.26. The highest BCUT2D eigenvalue weighted by Gasteiger charge is 2.17. The molecule has 1 amide bonds. The number of hydrogen-bond acceptors (Lipinski definition) is 6. The Morgan fingerprint density at radius 2 is 1.91 bits per heavy atom. The van der Waals surface area contributed by atoms with E-state index < -0.39 is 4.92 Å². The SMILES string of the molecule is Cc1c(OCC(=O)N(CCC#N)CCC#N)cccc1[N+](=O)[O-]. The van der Waals surface area contributed by atoms with Gasteiger partial charge in [-0.2, -0.15) is 10.5 Å². The van der Waals surface area contributed by atoms with Crippen molar-refractivity contribution in [2.45, 2.75) is 19.8 Å². The molecule has 0 atom stereocenters. The van der Waals surface area contributed by atoms with Gasteiger partial charge in [0.15, 0.2) is 6.61 Å². The van der Waals surface area contributed by atoms with Crippen LogP contribution in [0.25, 0.3) is 0 Å². The molecular weight excluding hydrogens is 300 g/mol. The van der Waals surface area contributed by atoms with Gasteiger partial charge < -0.3 is 9.64 Å². The third-order valence-electron chi connectivity index (χ3n) is 3.14. The zero-order valence-corrected chi connectivity index (χ0v) is 12.7. The summed E-state index contributed by atoms with van der Waals surface area (Å²) in [6.07, 6.45) is 0.319. The van der Waals surface area contributed by atoms with Crippen molar-refractivity contribution in [1.82, 2.24) is 4.90 Å². The van der Waals surface area contributed by atoms with E-state index in [9.17, 15) is 14.9 Å². The number of carbonyl (C=O) groups is 1. The molecular formula is C15H16N4O4. The maximum atomic E-state index is 12.1. The fourth-order valence-corrected chi connectivity index (χ4v) is 1.92. The van der Waals surface area contributed by atoms with Crippen LogP contribution in [-0.4, -0.2) is 35.4 Å². The zero-order valence-electron chi connectivity index (χ0n) is 12.7. The highest BCUT2D eigenvalue weighted by Crippen LogP contribution is 2.26. The lowest BCUT2D eigenvalue weighted by Crippen LogP contribution is -2.36. The second-order valence-corrected chi connectivity index (χ2v) is 4.64. The Labute approximate surface area is 133 Å². The molecule has 8 heteroatoms. The summed E-state index contributed by atoms with van der Waals surface area (Å²) in [5.74, 6) is -0.116. The summed E-state index contributed by atoms with van der Waals surface area (Å²) in [5, 5.41) is 28.1. The molecule has 0 unspecified atom stereocenters. The molecule has 0 N–H and O–H groups in total. The third kappa shape index (κ3) is 5.29. The van der Waals surface area contributed by atoms with Crippen LogP contribution in [-0.2, 0) is 4.79 Å². The molecule has 1 aromatic carbocycles. The van der Waals surface area contributed by atoms with E-state index in [1.165, 1.54) is 17.0 Å². The van der Waals surface area contributed by atoms with Crippen LogP contribution in [0.15, 0.2) is 18.2 Å². The number of ether oxygens (including phenoxy) is 1. The van der Waals surface area contributed by atoms with Crippen LogP contribution in [0.2, 0.25) is 0 Å². The Hall–Kier alpha value is -3.13. The predicted molar refractivity (Wildman–Crippen MR) is 80.4 cm³/mol. The maximum absolute atomic E-state index is 12.1. The van der Waals surface area contributed by atoms with E-state index >= 15 is 0 Å². The minimum Gasteiger partial charge on any atom is -0.483 e. The van der Waals surface area contributed by atoms with Crippen LogP contribution in [0.5, 0.6) is 5.75 Å². The van der Waals surface area contributed by atoms with Crippen LogP contribution < -0.4 is 4.74 Å². The topological polar surface area (TPSA) is 120 Å². The first-order valence-electron chi connectivity index (χ1n) is 6.89. The molecule has 0 aliphatic rings. The highest BCUT2D eigenvalue weighted by molar-refractivity contribution is 5.77. The van der Waals surface area contributed by atoms with Gasteiger partial charge >= 0.3 is 0 Å². The molecule has 0 heterocycles. The average Bonchev–Trinajstić information content (AvgIpc) is 2.53. The maximum Gasteiger partial charge on any atom is 0.276 e. The van der Waals surface area contributed by atoms with Crippen molar-refractivity contribution >= 4 is 11.6 Å². The van der Waals surface area contributed by atoms with Crippen molar-refractivity contribution in [3.05, 3.63) is 33.9 Å². The van der Waals surface area contributed by atoms with Gasteiger partial charge in [0.1, 0.15) is 5.75 Å². The quantitative estimate of drug-likeness (QED) is 0.533. The van der Waals surface area contributed by atoms with Crippen molar-refractivity contribution in [2.75, 3.05) is 19.7 Å². The summed E-state index contributed by atoms with van der Waals surface area (Å²) in [7, 11) is 0. The van der Waals surface area contributed by atoms with Crippen molar-refractivity contribution in [3.8, 4) is 17.9 Å². The average molecular weight is 316 g/mol. The summed E-state index contributed by atoms with van der Waals surface area (Å²) in [6.45, 7) is 1.67. The van der Waals surface area contributed by atoms with Gasteiger partial charge in [-0.25, -0.2) is 0 Å². The molecule has 1 rings (SSSR count). The molecule has 1 aromatic rings. The Morgan fingerprint density at radius 3 is 2.43 bits per heavy atom. The summed E-state index contributed by atoms with van der Waals surface area (Å²) < 4.78 is 5.37. The van der Waals surface area contributed by atoms with E-state index in [1.54, 1.807) is 13.0 Å². The van der Waals surface area contributed by atoms with Crippen molar-refractivity contribution in [1.29, 1.82) is 10.5 Å². The van der Waals surface area contributed by atoms with Gasteiger partial charge in [-0.05, 0) is 13.0 Å². The standard InChI is InChI=1S/C15H16N4O4/c1-12-13(19(21)22)5-2-6-14(12)23-11-15(20)18(9-3-7-16)10-4-8-17/h2,5-6H,3-4,9-11H2,1H3. The molecule has 0 fully saturated rings. The van der Waals surface area contributed by atoms with E-state index in [0.29, 0.717) is 5.56 Å². The van der Waals surface area contributed by atoms with Crippen LogP contribution in [0, 0.1) is 39.7 Å². The molecule has 0 radical (unpaired) electrons. The van der Waals surface area contributed by atoms with E-state index in [0.717, 1.165) is 0 Å². The van der Waals surface area contributed by atoms with E-state index in [1.807, 2.05) is 12.1 Å². The Bertz CT molecular complexity index is 642. The highest BCUT2D eigenvalue weighted by atomic mass is 16.6. The molecule has 0 saturated carbocycles. The number of benzene rings is 1. The first kappa shape index (κ1) is 17.9. The van der Waals surface area contributed by atoms with Crippen LogP contribution in [0.1, 0.15) is 18.4 Å². The first-order valence-corrected chi connectivity index (χ1v) is 6.89. The lowest BCUT2D eigenvalue weighted by atomic mass is 10.2. The normalized spacial score (nSPS) is 9.52. The Balaban J connectivity index is 2.73. The number of carbonyl (C=O) groups excluding carboxylic acids is 1. The summed E-state index contributed by atoms with van der Waals surface area (Å²) in [4.78, 5) is 23.8. The second-order valence-electron chi connectivity index (χ2n) is 4.64. The lowest BCUT2D eigenvalue weighted by molar-refractivity contribution is -0.385. The molecule has 120 valence electrons. The summed E-state index contributed by atoms with van der Waals surface area (Å²) >= 11 is 0. The van der Waals surface area contributed by atoms with Crippen LogP contribution >= 0.6 is 0 Å². The third-order valence-corrected chi connectivity index (χ3v) is 3.14. The smallest absolute Gasteiger partial charge is 0.276 e. The second kappa shape index (κ2) is 9.00.